The van der Waals surface area contributed by atoms with Crippen molar-refractivity contribution in [1.82, 2.24) is 5.32 Å². The molecule has 0 unspecified atom stereocenters. The van der Waals surface area contributed by atoms with Gasteiger partial charge in [0, 0.05) is 29.6 Å². The minimum Gasteiger partial charge on any atom is -0.351 e. The van der Waals surface area contributed by atoms with Gasteiger partial charge in [-0.2, -0.15) is 5.26 Å². The Labute approximate surface area is 63.0 Å². The van der Waals surface area contributed by atoms with Crippen molar-refractivity contribution in [3.05, 3.63) is 0 Å². The fourth-order valence-electron chi connectivity index (χ4n) is 0.0551. The summed E-state index contributed by atoms with van der Waals surface area (Å²) in [7, 11) is 0. The number of nitrogens with one attached hydrogen (secondary N) is 1. The second-order valence-electron chi connectivity index (χ2n) is 0.601. The van der Waals surface area contributed by atoms with Crippen LogP contribution in [0.25, 0.3) is 0 Å². The molecule has 3 N–H and O–H groups in total. The van der Waals surface area contributed by atoms with Gasteiger partial charge in [0.2, 0.25) is 0 Å². The van der Waals surface area contributed by atoms with Crippen LogP contribution in [-0.2, 0) is 0 Å². The van der Waals surface area contributed by atoms with Gasteiger partial charge in [-0.15, -0.1) is 0 Å². The second-order valence-corrected chi connectivity index (χ2v) is 0.601. The molecule has 0 aliphatic heterocycles. The maximum atomic E-state index is 9.49. The largest absolute Gasteiger partial charge is 0.351 e. The van der Waals surface area contributed by atoms with Crippen LogP contribution in [0.4, 0.5) is 4.79 Å². The molecule has 5 heteroatoms. The van der Waals surface area contributed by atoms with Gasteiger partial charge in [-0.3, -0.25) is 0 Å². The van der Waals surface area contributed by atoms with E-state index in [1.54, 1.807) is 5.32 Å². The zero-order valence-electron chi connectivity index (χ0n) is 3.93. The van der Waals surface area contributed by atoms with E-state index in [1.165, 1.54) is 6.19 Å². The van der Waals surface area contributed by atoms with Gasteiger partial charge in [0.25, 0.3) is 0 Å². The molecule has 0 saturated heterocycles. The first-order valence-electron chi connectivity index (χ1n) is 1.22. The molecule has 33 valence electrons. The Morgan fingerprint density at radius 3 is 2.29 bits per heavy atom. The Hall–Kier alpha value is -0.240. The molecular weight excluding hydrogens is 105 g/mol. The van der Waals surface area contributed by atoms with Crippen molar-refractivity contribution < 1.29 is 4.79 Å². The first-order chi connectivity index (χ1) is 2.77. The van der Waals surface area contributed by atoms with Gasteiger partial charge in [-0.25, -0.2) is 10.1 Å². The van der Waals surface area contributed by atoms with Gasteiger partial charge in [-0.05, 0) is 0 Å². The van der Waals surface area contributed by atoms with Gasteiger partial charge >= 0.3 is 6.03 Å². The number of primary amides is 1. The van der Waals surface area contributed by atoms with E-state index in [9.17, 15) is 4.79 Å². The van der Waals surface area contributed by atoms with Crippen LogP contribution in [0.15, 0.2) is 0 Å². The van der Waals surface area contributed by atoms with E-state index in [1.807, 2.05) is 0 Å². The zero-order chi connectivity index (χ0) is 4.99. The molecule has 0 atom stereocenters. The van der Waals surface area contributed by atoms with E-state index in [0.717, 1.165) is 0 Å². The monoisotopic (exact) mass is 108 g/mol. The number of amides is 2. The smallest absolute Gasteiger partial charge is 0.325 e. The molecule has 0 bridgehead atoms. The quantitative estimate of drug-likeness (QED) is 0.231. The average Bonchev–Trinajstić information content (AvgIpc) is 1.35. The summed E-state index contributed by atoms with van der Waals surface area (Å²) in [6.07, 6.45) is 1.34. The Balaban J connectivity index is 0. The maximum Gasteiger partial charge on any atom is 0.325 e. The molecule has 2 amide bonds. The van der Waals surface area contributed by atoms with Crippen LogP contribution in [0.3, 0.4) is 0 Å². The van der Waals surface area contributed by atoms with Crippen LogP contribution in [0.5, 0.6) is 0 Å². The number of nitriles is 1. The number of urea groups is 1. The molecule has 0 aromatic carbocycles. The minimum absolute atomic E-state index is 0. The molecule has 0 saturated carbocycles. The Kier molecular flexibility index (Phi) is 8.15. The van der Waals surface area contributed by atoms with Crippen LogP contribution in [0, 0.1) is 11.5 Å². The second kappa shape index (κ2) is 5.76. The molecular formula is C2H3N3NaO. The molecule has 1 radical (unpaired) electrons. The standard InChI is InChI=1S/C2H3N3O.Na/c3-1-5-2(4)6;/h(H3,4,5,6);. The summed E-state index contributed by atoms with van der Waals surface area (Å²) in [5.74, 6) is 0. The van der Waals surface area contributed by atoms with Crippen LogP contribution in [0.2, 0.25) is 0 Å². The molecule has 0 heterocycles. The number of hydrogen-bond acceptors (Lipinski definition) is 2. The van der Waals surface area contributed by atoms with Crippen molar-refractivity contribution in [2.24, 2.45) is 5.73 Å². The molecule has 0 aromatic rings. The van der Waals surface area contributed by atoms with E-state index in [0.29, 0.717) is 0 Å². The summed E-state index contributed by atoms with van der Waals surface area (Å²) in [4.78, 5) is 9.49. The first kappa shape index (κ1) is 9.90. The van der Waals surface area contributed by atoms with Gasteiger partial charge in [-0.1, -0.05) is 0 Å². The summed E-state index contributed by atoms with van der Waals surface area (Å²) in [6, 6.07) is -0.822. The van der Waals surface area contributed by atoms with Gasteiger partial charge in [0.1, 0.15) is 0 Å². The van der Waals surface area contributed by atoms with E-state index in [2.05, 4.69) is 5.73 Å². The van der Waals surface area contributed by atoms with Gasteiger partial charge in [0.15, 0.2) is 6.19 Å². The number of carbonyl (C=O) groups is 1. The minimum atomic E-state index is -0.822. The van der Waals surface area contributed by atoms with Crippen LogP contribution < -0.4 is 11.1 Å². The predicted molar refractivity (Wildman–Crippen MR) is 24.1 cm³/mol. The predicted octanol–water partition coefficient (Wildman–Crippen LogP) is -1.25. The van der Waals surface area contributed by atoms with E-state index in [4.69, 9.17) is 5.26 Å². The maximum absolute atomic E-state index is 9.49. The summed E-state index contributed by atoms with van der Waals surface area (Å²) >= 11 is 0. The van der Waals surface area contributed by atoms with Crippen molar-refractivity contribution in [2.75, 3.05) is 0 Å². The number of carbonyl (C=O) groups excluding carboxylic acids is 1. The molecule has 7 heavy (non-hydrogen) atoms. The van der Waals surface area contributed by atoms with Crippen molar-refractivity contribution in [2.45, 2.75) is 0 Å². The average molecular weight is 108 g/mol. The number of hydrogen-bond donors (Lipinski definition) is 2. The molecule has 0 aliphatic rings. The number of nitrogens with zero attached hydrogens (tertiary/aromatic N) is 1. The Bertz CT molecular complexity index is 95.6. The van der Waals surface area contributed by atoms with Crippen molar-refractivity contribution >= 4 is 35.6 Å². The Morgan fingerprint density at radius 1 is 1.86 bits per heavy atom. The van der Waals surface area contributed by atoms with Crippen molar-refractivity contribution in [3.8, 4) is 6.19 Å². The molecule has 0 aliphatic carbocycles. The summed E-state index contributed by atoms with van der Waals surface area (Å²) in [6.45, 7) is 0. The zero-order valence-corrected chi connectivity index (χ0v) is 5.93. The SMILES string of the molecule is N#CNC(N)=O.[Na]. The Morgan fingerprint density at radius 2 is 2.29 bits per heavy atom. The van der Waals surface area contributed by atoms with Gasteiger partial charge in [0.05, 0.1) is 0 Å². The summed E-state index contributed by atoms with van der Waals surface area (Å²) in [5, 5.41) is 9.23. The first-order valence-corrected chi connectivity index (χ1v) is 1.22. The summed E-state index contributed by atoms with van der Waals surface area (Å²) in [5.41, 5.74) is 4.43. The van der Waals surface area contributed by atoms with Crippen LogP contribution >= 0.6 is 0 Å². The third-order valence-corrected chi connectivity index (χ3v) is 0.179. The molecule has 0 aromatic heterocycles. The third kappa shape index (κ3) is 10.7. The number of rotatable bonds is 0. The topological polar surface area (TPSA) is 78.9 Å². The van der Waals surface area contributed by atoms with Crippen molar-refractivity contribution in [3.63, 3.8) is 0 Å². The van der Waals surface area contributed by atoms with Crippen LogP contribution in [0.1, 0.15) is 0 Å². The summed E-state index contributed by atoms with van der Waals surface area (Å²) < 4.78 is 0. The fraction of sp³-hybridized carbons (Fsp3) is 0. The molecule has 0 spiro atoms. The van der Waals surface area contributed by atoms with Crippen molar-refractivity contribution in [1.29, 1.82) is 5.26 Å². The normalized spacial score (nSPS) is 5.00. The van der Waals surface area contributed by atoms with Crippen LogP contribution in [-0.4, -0.2) is 35.6 Å². The number of nitrogens with two attached hydrogens (primary N) is 1. The van der Waals surface area contributed by atoms with E-state index >= 15 is 0 Å². The fourth-order valence-corrected chi connectivity index (χ4v) is 0.0551. The van der Waals surface area contributed by atoms with E-state index in [-0.39, 0.29) is 29.6 Å². The third-order valence-electron chi connectivity index (χ3n) is 0.179. The molecule has 0 fully saturated rings. The molecule has 4 nitrogen and oxygen atoms in total. The van der Waals surface area contributed by atoms with Gasteiger partial charge < -0.3 is 5.73 Å². The van der Waals surface area contributed by atoms with E-state index < -0.39 is 6.03 Å². The molecule has 0 rings (SSSR count).